The summed E-state index contributed by atoms with van der Waals surface area (Å²) in [5, 5.41) is 3.73. The van der Waals surface area contributed by atoms with Crippen molar-refractivity contribution in [2.45, 2.75) is 31.1 Å². The third kappa shape index (κ3) is 2.96. The number of anilines is 2. The Labute approximate surface area is 230 Å². The van der Waals surface area contributed by atoms with Crippen molar-refractivity contribution in [3.8, 4) is 33.4 Å². The Kier molecular flexibility index (Phi) is 4.45. The molecule has 9 rings (SSSR count). The fraction of sp³-hybridized carbons (Fsp3) is 0.211. The summed E-state index contributed by atoms with van der Waals surface area (Å²) in [5.41, 5.74) is 14.1. The van der Waals surface area contributed by atoms with Crippen molar-refractivity contribution < 1.29 is 0 Å². The molecule has 0 radical (unpaired) electrons. The molecule has 5 aromatic rings. The predicted molar refractivity (Wildman–Crippen MR) is 161 cm³/mol. The van der Waals surface area contributed by atoms with Crippen molar-refractivity contribution in [3.05, 3.63) is 132 Å². The average molecular weight is 502 g/mol. The first-order chi connectivity index (χ1) is 19.3. The second-order valence-electron chi connectivity index (χ2n) is 12.2. The molecule has 5 unspecified atom stereocenters. The van der Waals surface area contributed by atoms with Crippen molar-refractivity contribution in [1.82, 2.24) is 0 Å². The zero-order valence-corrected chi connectivity index (χ0v) is 22.0. The van der Waals surface area contributed by atoms with E-state index in [-0.39, 0.29) is 0 Å². The highest BCUT2D eigenvalue weighted by molar-refractivity contribution is 5.79. The Morgan fingerprint density at radius 1 is 0.462 bits per heavy atom. The van der Waals surface area contributed by atoms with Gasteiger partial charge >= 0.3 is 0 Å². The first-order valence-electron chi connectivity index (χ1n) is 14.6. The Hall–Kier alpha value is -4.10. The molecule has 0 aromatic heterocycles. The summed E-state index contributed by atoms with van der Waals surface area (Å²) in [6, 6.07) is 44.8. The van der Waals surface area contributed by atoms with Crippen LogP contribution in [0.4, 0.5) is 11.4 Å². The van der Waals surface area contributed by atoms with Crippen LogP contribution in [0.5, 0.6) is 0 Å². The van der Waals surface area contributed by atoms with Crippen molar-refractivity contribution in [3.63, 3.8) is 0 Å². The van der Waals surface area contributed by atoms with E-state index in [0.717, 1.165) is 29.4 Å². The van der Waals surface area contributed by atoms with Crippen LogP contribution in [0, 0.1) is 17.3 Å². The van der Waals surface area contributed by atoms with Crippen LogP contribution in [0.15, 0.2) is 121 Å². The fourth-order valence-corrected chi connectivity index (χ4v) is 8.97. The summed E-state index contributed by atoms with van der Waals surface area (Å²) in [5.74, 6) is 3.41. The molecule has 1 nitrogen and oxygen atoms in total. The summed E-state index contributed by atoms with van der Waals surface area (Å²) < 4.78 is 0. The zero-order valence-electron chi connectivity index (χ0n) is 22.0. The van der Waals surface area contributed by atoms with E-state index in [1.165, 1.54) is 58.3 Å². The van der Waals surface area contributed by atoms with Crippen LogP contribution in [0.3, 0.4) is 0 Å². The molecule has 0 amide bonds. The van der Waals surface area contributed by atoms with Crippen molar-refractivity contribution in [2.75, 3.05) is 5.32 Å². The molecule has 3 saturated carbocycles. The Balaban J connectivity index is 1.00. The number of hydrogen-bond donors (Lipinski definition) is 1. The molecule has 39 heavy (non-hydrogen) atoms. The standard InChI is InChI=1S/C38H31N/c1-2-6-24(7-3-1)25-10-12-26(13-11-25)27-14-16-30(17-15-27)39-31-18-19-33-32-8-4-5-9-34(32)36-21-28-20-29-22-37(35(33)23-31)38(28,29)36/h1-19,23,28-29,36-37,39H,20-22H2. The van der Waals surface area contributed by atoms with Gasteiger partial charge in [0.05, 0.1) is 0 Å². The van der Waals surface area contributed by atoms with Gasteiger partial charge in [-0.15, -0.1) is 0 Å². The molecule has 5 atom stereocenters. The molecule has 3 fully saturated rings. The molecule has 4 aliphatic rings. The lowest BCUT2D eigenvalue weighted by Crippen LogP contribution is -2.70. The molecule has 0 aliphatic heterocycles. The van der Waals surface area contributed by atoms with Gasteiger partial charge in [-0.05, 0) is 117 Å². The largest absolute Gasteiger partial charge is 0.356 e. The lowest BCUT2D eigenvalue weighted by atomic mass is 9.25. The summed E-state index contributed by atoms with van der Waals surface area (Å²) in [6.45, 7) is 0. The number of benzene rings is 5. The van der Waals surface area contributed by atoms with Gasteiger partial charge in [0.2, 0.25) is 0 Å². The van der Waals surface area contributed by atoms with E-state index in [9.17, 15) is 0 Å². The van der Waals surface area contributed by atoms with Crippen LogP contribution in [0.25, 0.3) is 33.4 Å². The summed E-state index contributed by atoms with van der Waals surface area (Å²) in [7, 11) is 0. The van der Waals surface area contributed by atoms with Crippen LogP contribution in [0.2, 0.25) is 0 Å². The number of nitrogens with one attached hydrogen (secondary N) is 1. The van der Waals surface area contributed by atoms with Gasteiger partial charge in [-0.1, -0.05) is 97.1 Å². The van der Waals surface area contributed by atoms with Gasteiger partial charge in [-0.2, -0.15) is 0 Å². The number of hydrogen-bond acceptors (Lipinski definition) is 1. The summed E-state index contributed by atoms with van der Waals surface area (Å²) in [6.07, 6.45) is 4.27. The zero-order chi connectivity index (χ0) is 25.6. The maximum absolute atomic E-state index is 3.73. The van der Waals surface area contributed by atoms with Gasteiger partial charge in [0, 0.05) is 11.4 Å². The molecule has 5 aromatic carbocycles. The molecule has 1 spiro atoms. The first-order valence-corrected chi connectivity index (χ1v) is 14.6. The molecule has 0 bridgehead atoms. The van der Waals surface area contributed by atoms with Crippen LogP contribution >= 0.6 is 0 Å². The number of rotatable bonds is 4. The Bertz CT molecular complexity index is 1710. The van der Waals surface area contributed by atoms with Crippen LogP contribution in [-0.4, -0.2) is 0 Å². The third-order valence-electron chi connectivity index (χ3n) is 10.8. The van der Waals surface area contributed by atoms with E-state index in [0.29, 0.717) is 5.41 Å². The SMILES string of the molecule is c1ccc(-c2ccc(-c3ccc(Nc4ccc5c(c4)C4CC6CC7CC(c8ccccc8-5)C764)cc3)cc2)cc1. The van der Waals surface area contributed by atoms with Gasteiger partial charge in [0.25, 0.3) is 0 Å². The summed E-state index contributed by atoms with van der Waals surface area (Å²) >= 11 is 0. The second kappa shape index (κ2) is 7.96. The molecule has 1 heteroatoms. The Morgan fingerprint density at radius 2 is 1.00 bits per heavy atom. The average Bonchev–Trinajstić information content (AvgIpc) is 3.07. The van der Waals surface area contributed by atoms with Gasteiger partial charge < -0.3 is 5.32 Å². The van der Waals surface area contributed by atoms with E-state index >= 15 is 0 Å². The van der Waals surface area contributed by atoms with Crippen molar-refractivity contribution in [2.24, 2.45) is 17.3 Å². The van der Waals surface area contributed by atoms with Crippen LogP contribution in [-0.2, 0) is 0 Å². The van der Waals surface area contributed by atoms with Gasteiger partial charge in [-0.3, -0.25) is 0 Å². The highest BCUT2D eigenvalue weighted by Gasteiger charge is 2.76. The smallest absolute Gasteiger partial charge is 0.0387 e. The summed E-state index contributed by atoms with van der Waals surface area (Å²) in [4.78, 5) is 0. The maximum atomic E-state index is 3.73. The van der Waals surface area contributed by atoms with Crippen LogP contribution < -0.4 is 5.32 Å². The molecular weight excluding hydrogens is 470 g/mol. The highest BCUT2D eigenvalue weighted by atomic mass is 14.9. The third-order valence-corrected chi connectivity index (χ3v) is 10.8. The number of fused-ring (bicyclic) bond motifs is 5. The molecular formula is C38H31N. The lowest BCUT2D eigenvalue weighted by molar-refractivity contribution is -0.252. The van der Waals surface area contributed by atoms with Crippen LogP contribution in [0.1, 0.15) is 42.2 Å². The van der Waals surface area contributed by atoms with E-state index < -0.39 is 0 Å². The minimum absolute atomic E-state index is 0.567. The fourth-order valence-electron chi connectivity index (χ4n) is 8.97. The molecule has 0 saturated heterocycles. The lowest BCUT2D eigenvalue weighted by Gasteiger charge is -2.78. The first kappa shape index (κ1) is 21.8. The van der Waals surface area contributed by atoms with E-state index in [1.807, 2.05) is 0 Å². The maximum Gasteiger partial charge on any atom is 0.0387 e. The molecule has 4 aliphatic carbocycles. The van der Waals surface area contributed by atoms with Crippen molar-refractivity contribution in [1.29, 1.82) is 0 Å². The highest BCUT2D eigenvalue weighted by Crippen LogP contribution is 2.85. The van der Waals surface area contributed by atoms with E-state index in [2.05, 4.69) is 127 Å². The Morgan fingerprint density at radius 3 is 1.69 bits per heavy atom. The van der Waals surface area contributed by atoms with Gasteiger partial charge in [-0.25, -0.2) is 0 Å². The topological polar surface area (TPSA) is 12.0 Å². The van der Waals surface area contributed by atoms with E-state index in [4.69, 9.17) is 0 Å². The molecule has 1 N–H and O–H groups in total. The van der Waals surface area contributed by atoms with Gasteiger partial charge in [0.1, 0.15) is 0 Å². The monoisotopic (exact) mass is 501 g/mol. The molecule has 188 valence electrons. The molecule has 0 heterocycles. The minimum atomic E-state index is 0.567. The van der Waals surface area contributed by atoms with Crippen molar-refractivity contribution >= 4 is 11.4 Å². The predicted octanol–water partition coefficient (Wildman–Crippen LogP) is 10.0. The quantitative estimate of drug-likeness (QED) is 0.258. The van der Waals surface area contributed by atoms with Gasteiger partial charge in [0.15, 0.2) is 0 Å². The second-order valence-corrected chi connectivity index (χ2v) is 12.2. The minimum Gasteiger partial charge on any atom is -0.356 e. The normalized spacial score (nSPS) is 26.8. The van der Waals surface area contributed by atoms with E-state index in [1.54, 1.807) is 11.1 Å².